The minimum atomic E-state index is -3.75. The van der Waals surface area contributed by atoms with Gasteiger partial charge in [-0.15, -0.1) is 0 Å². The molecular formula is C19H24N2O3S. The van der Waals surface area contributed by atoms with Crippen LogP contribution in [0.1, 0.15) is 31.4 Å². The SMILES string of the molecule is CCC(C)C(=O)Nc1ccc(C)c(S(=O)(=O)Nc2cccc(C)c2)c1. The van der Waals surface area contributed by atoms with E-state index in [1.807, 2.05) is 26.8 Å². The highest BCUT2D eigenvalue weighted by Crippen LogP contribution is 2.24. The van der Waals surface area contributed by atoms with Gasteiger partial charge in [-0.2, -0.15) is 0 Å². The van der Waals surface area contributed by atoms with Crippen molar-refractivity contribution < 1.29 is 13.2 Å². The van der Waals surface area contributed by atoms with E-state index in [1.165, 1.54) is 6.07 Å². The van der Waals surface area contributed by atoms with Crippen molar-refractivity contribution in [2.24, 2.45) is 5.92 Å². The van der Waals surface area contributed by atoms with Gasteiger partial charge in [0.25, 0.3) is 10.0 Å². The number of aryl methyl sites for hydroxylation is 2. The molecule has 0 aliphatic carbocycles. The van der Waals surface area contributed by atoms with Crippen LogP contribution in [-0.2, 0) is 14.8 Å². The fourth-order valence-corrected chi connectivity index (χ4v) is 3.66. The average Bonchev–Trinajstić information content (AvgIpc) is 2.55. The summed E-state index contributed by atoms with van der Waals surface area (Å²) in [6.45, 7) is 7.39. The number of carbonyl (C=O) groups is 1. The fourth-order valence-electron chi connectivity index (χ4n) is 2.34. The summed E-state index contributed by atoms with van der Waals surface area (Å²) in [4.78, 5) is 12.2. The van der Waals surface area contributed by atoms with Gasteiger partial charge in [-0.05, 0) is 55.7 Å². The van der Waals surface area contributed by atoms with Crippen LogP contribution in [0.4, 0.5) is 11.4 Å². The summed E-state index contributed by atoms with van der Waals surface area (Å²) in [5.41, 5.74) is 2.56. The smallest absolute Gasteiger partial charge is 0.262 e. The number of nitrogens with one attached hydrogen (secondary N) is 2. The number of benzene rings is 2. The zero-order valence-electron chi connectivity index (χ0n) is 15.0. The van der Waals surface area contributed by atoms with Gasteiger partial charge in [0.05, 0.1) is 4.90 Å². The molecular weight excluding hydrogens is 336 g/mol. The van der Waals surface area contributed by atoms with Crippen LogP contribution in [0.25, 0.3) is 0 Å². The van der Waals surface area contributed by atoms with Crippen LogP contribution < -0.4 is 10.0 Å². The van der Waals surface area contributed by atoms with Crippen molar-refractivity contribution >= 4 is 27.3 Å². The van der Waals surface area contributed by atoms with E-state index in [1.54, 1.807) is 37.3 Å². The molecule has 0 bridgehead atoms. The summed E-state index contributed by atoms with van der Waals surface area (Å²) in [5, 5.41) is 2.77. The van der Waals surface area contributed by atoms with Gasteiger partial charge in [-0.25, -0.2) is 8.42 Å². The first kappa shape index (κ1) is 19.0. The highest BCUT2D eigenvalue weighted by Gasteiger charge is 2.19. The van der Waals surface area contributed by atoms with Gasteiger partial charge in [-0.1, -0.05) is 32.0 Å². The van der Waals surface area contributed by atoms with Crippen LogP contribution in [0.5, 0.6) is 0 Å². The molecule has 5 nitrogen and oxygen atoms in total. The van der Waals surface area contributed by atoms with Gasteiger partial charge < -0.3 is 5.32 Å². The quantitative estimate of drug-likeness (QED) is 0.815. The number of anilines is 2. The summed E-state index contributed by atoms with van der Waals surface area (Å²) in [5.74, 6) is -0.256. The maximum atomic E-state index is 12.7. The Morgan fingerprint density at radius 1 is 1.08 bits per heavy atom. The van der Waals surface area contributed by atoms with Gasteiger partial charge in [0.1, 0.15) is 0 Å². The molecule has 2 aromatic rings. The number of rotatable bonds is 6. The first-order chi connectivity index (χ1) is 11.7. The van der Waals surface area contributed by atoms with E-state index in [0.29, 0.717) is 16.9 Å². The molecule has 0 aliphatic heterocycles. The number of hydrogen-bond acceptors (Lipinski definition) is 3. The molecule has 0 aromatic heterocycles. The normalized spacial score (nSPS) is 12.5. The molecule has 0 saturated heterocycles. The predicted octanol–water partition coefficient (Wildman–Crippen LogP) is 4.09. The van der Waals surface area contributed by atoms with Crippen molar-refractivity contribution in [3.05, 3.63) is 53.6 Å². The number of amides is 1. The highest BCUT2D eigenvalue weighted by atomic mass is 32.2. The van der Waals surface area contributed by atoms with Crippen molar-refractivity contribution in [2.75, 3.05) is 10.0 Å². The summed E-state index contributed by atoms with van der Waals surface area (Å²) < 4.78 is 28.1. The monoisotopic (exact) mass is 360 g/mol. The van der Waals surface area contributed by atoms with Gasteiger partial charge in [0.2, 0.25) is 5.91 Å². The van der Waals surface area contributed by atoms with Crippen LogP contribution in [-0.4, -0.2) is 14.3 Å². The highest BCUT2D eigenvalue weighted by molar-refractivity contribution is 7.92. The van der Waals surface area contributed by atoms with Crippen LogP contribution in [0.15, 0.2) is 47.4 Å². The van der Waals surface area contributed by atoms with Crippen molar-refractivity contribution in [3.63, 3.8) is 0 Å². The molecule has 0 radical (unpaired) electrons. The lowest BCUT2D eigenvalue weighted by atomic mass is 10.1. The van der Waals surface area contributed by atoms with E-state index in [2.05, 4.69) is 10.0 Å². The second-order valence-corrected chi connectivity index (χ2v) is 7.90. The van der Waals surface area contributed by atoms with Crippen LogP contribution in [0, 0.1) is 19.8 Å². The minimum absolute atomic E-state index is 0.124. The number of carbonyl (C=O) groups excluding carboxylic acids is 1. The molecule has 25 heavy (non-hydrogen) atoms. The van der Waals surface area contributed by atoms with Crippen molar-refractivity contribution in [3.8, 4) is 0 Å². The Kier molecular flexibility index (Phi) is 5.85. The Morgan fingerprint density at radius 3 is 2.44 bits per heavy atom. The second-order valence-electron chi connectivity index (χ2n) is 6.25. The molecule has 6 heteroatoms. The number of sulfonamides is 1. The van der Waals surface area contributed by atoms with Gasteiger partial charge in [0.15, 0.2) is 0 Å². The Labute approximate surface area is 149 Å². The van der Waals surface area contributed by atoms with Gasteiger partial charge >= 0.3 is 0 Å². The Balaban J connectivity index is 2.31. The lowest BCUT2D eigenvalue weighted by molar-refractivity contribution is -0.119. The van der Waals surface area contributed by atoms with E-state index >= 15 is 0 Å². The lowest BCUT2D eigenvalue weighted by Crippen LogP contribution is -2.20. The first-order valence-electron chi connectivity index (χ1n) is 8.24. The second kappa shape index (κ2) is 7.70. The van der Waals surface area contributed by atoms with E-state index in [0.717, 1.165) is 12.0 Å². The minimum Gasteiger partial charge on any atom is -0.326 e. The molecule has 0 saturated carbocycles. The first-order valence-corrected chi connectivity index (χ1v) is 9.72. The molecule has 0 heterocycles. The zero-order chi connectivity index (χ0) is 18.6. The largest absolute Gasteiger partial charge is 0.326 e. The maximum Gasteiger partial charge on any atom is 0.262 e. The standard InChI is InChI=1S/C19H24N2O3S/c1-5-14(3)19(22)20-16-10-9-15(4)18(12-16)25(23,24)21-17-8-6-7-13(2)11-17/h6-12,14,21H,5H2,1-4H3,(H,20,22). The molecule has 134 valence electrons. The molecule has 0 aliphatic rings. The topological polar surface area (TPSA) is 75.3 Å². The van der Waals surface area contributed by atoms with Crippen molar-refractivity contribution in [2.45, 2.75) is 39.0 Å². The molecule has 2 aromatic carbocycles. The van der Waals surface area contributed by atoms with E-state index in [9.17, 15) is 13.2 Å². The summed E-state index contributed by atoms with van der Waals surface area (Å²) in [6, 6.07) is 12.1. The molecule has 0 spiro atoms. The lowest BCUT2D eigenvalue weighted by Gasteiger charge is -2.14. The zero-order valence-corrected chi connectivity index (χ0v) is 15.8. The van der Waals surface area contributed by atoms with Crippen molar-refractivity contribution in [1.82, 2.24) is 0 Å². The van der Waals surface area contributed by atoms with E-state index in [-0.39, 0.29) is 16.7 Å². The fraction of sp³-hybridized carbons (Fsp3) is 0.316. The molecule has 1 atom stereocenters. The van der Waals surface area contributed by atoms with Crippen LogP contribution >= 0.6 is 0 Å². The van der Waals surface area contributed by atoms with Crippen LogP contribution in [0.3, 0.4) is 0 Å². The maximum absolute atomic E-state index is 12.7. The Morgan fingerprint density at radius 2 is 1.80 bits per heavy atom. The van der Waals surface area contributed by atoms with E-state index in [4.69, 9.17) is 0 Å². The average molecular weight is 360 g/mol. The molecule has 1 amide bonds. The molecule has 1 unspecified atom stereocenters. The predicted molar refractivity (Wildman–Crippen MR) is 101 cm³/mol. The third kappa shape index (κ3) is 4.82. The summed E-state index contributed by atoms with van der Waals surface area (Å²) in [6.07, 6.45) is 0.720. The Bertz CT molecular complexity index is 876. The summed E-state index contributed by atoms with van der Waals surface area (Å²) in [7, 11) is -3.75. The van der Waals surface area contributed by atoms with Gasteiger partial charge in [-0.3, -0.25) is 9.52 Å². The van der Waals surface area contributed by atoms with Crippen molar-refractivity contribution in [1.29, 1.82) is 0 Å². The van der Waals surface area contributed by atoms with E-state index < -0.39 is 10.0 Å². The molecule has 0 fully saturated rings. The summed E-state index contributed by atoms with van der Waals surface area (Å²) >= 11 is 0. The van der Waals surface area contributed by atoms with Gasteiger partial charge in [0, 0.05) is 17.3 Å². The molecule has 2 rings (SSSR count). The van der Waals surface area contributed by atoms with Crippen LogP contribution in [0.2, 0.25) is 0 Å². The molecule has 2 N–H and O–H groups in total. The third-order valence-electron chi connectivity index (χ3n) is 4.08. The third-order valence-corrected chi connectivity index (χ3v) is 5.60. The number of hydrogen-bond donors (Lipinski definition) is 2. The Hall–Kier alpha value is -2.34.